The van der Waals surface area contributed by atoms with Crippen molar-refractivity contribution in [1.82, 2.24) is 10.3 Å². The minimum Gasteiger partial charge on any atom is -0.349 e. The molecular formula is C24H25N3O2S. The molecule has 1 aliphatic rings. The second-order valence-corrected chi connectivity index (χ2v) is 8.55. The molecule has 0 radical (unpaired) electrons. The van der Waals surface area contributed by atoms with Crippen molar-refractivity contribution >= 4 is 28.8 Å². The minimum absolute atomic E-state index is 0.0915. The number of nitrogens with zero attached hydrogens (tertiary/aromatic N) is 1. The van der Waals surface area contributed by atoms with E-state index in [2.05, 4.69) is 46.8 Å². The highest BCUT2D eigenvalue weighted by atomic mass is 32.1. The van der Waals surface area contributed by atoms with Gasteiger partial charge < -0.3 is 10.6 Å². The van der Waals surface area contributed by atoms with Crippen molar-refractivity contribution in [3.63, 3.8) is 0 Å². The first kappa shape index (κ1) is 20.3. The van der Waals surface area contributed by atoms with Crippen LogP contribution in [0.15, 0.2) is 47.8 Å². The third kappa shape index (κ3) is 4.94. The Hall–Kier alpha value is -2.99. The molecule has 0 saturated heterocycles. The molecule has 0 unspecified atom stereocenters. The summed E-state index contributed by atoms with van der Waals surface area (Å²) in [5.74, 6) is -0.234. The Morgan fingerprint density at radius 3 is 2.60 bits per heavy atom. The normalized spacial score (nSPS) is 13.1. The first-order chi connectivity index (χ1) is 14.5. The van der Waals surface area contributed by atoms with Gasteiger partial charge in [0.05, 0.1) is 12.1 Å². The van der Waals surface area contributed by atoms with Gasteiger partial charge in [-0.05, 0) is 49.4 Å². The van der Waals surface area contributed by atoms with Gasteiger partial charge in [-0.3, -0.25) is 9.59 Å². The predicted octanol–water partition coefficient (Wildman–Crippen LogP) is 4.75. The maximum absolute atomic E-state index is 12.6. The van der Waals surface area contributed by atoms with Crippen molar-refractivity contribution in [1.29, 1.82) is 0 Å². The number of carbonyl (C=O) groups excluding carboxylic acids is 2. The van der Waals surface area contributed by atoms with Crippen LogP contribution in [-0.4, -0.2) is 22.8 Å². The van der Waals surface area contributed by atoms with Crippen LogP contribution in [0.3, 0.4) is 0 Å². The van der Waals surface area contributed by atoms with Gasteiger partial charge in [0.2, 0.25) is 5.91 Å². The summed E-state index contributed by atoms with van der Waals surface area (Å²) in [5.41, 5.74) is 5.24. The molecule has 2 amide bonds. The topological polar surface area (TPSA) is 71.1 Å². The summed E-state index contributed by atoms with van der Waals surface area (Å²) in [4.78, 5) is 29.5. The SMILES string of the molecule is CCc1ccc(-c2nc(CC(=O)Nc3cc(C(=O)NC4CC4)ccc3C)cs2)cc1. The molecule has 0 spiro atoms. The number of hydrogen-bond acceptors (Lipinski definition) is 4. The molecule has 154 valence electrons. The van der Waals surface area contributed by atoms with E-state index in [9.17, 15) is 9.59 Å². The number of aryl methyl sites for hydroxylation is 2. The first-order valence-electron chi connectivity index (χ1n) is 10.3. The van der Waals surface area contributed by atoms with Crippen molar-refractivity contribution < 1.29 is 9.59 Å². The zero-order chi connectivity index (χ0) is 21.1. The second kappa shape index (κ2) is 8.79. The van der Waals surface area contributed by atoms with E-state index in [0.717, 1.165) is 41.1 Å². The average Bonchev–Trinajstić information content (AvgIpc) is 3.44. The Kier molecular flexibility index (Phi) is 5.95. The number of hydrogen-bond donors (Lipinski definition) is 2. The van der Waals surface area contributed by atoms with Crippen LogP contribution in [-0.2, 0) is 17.6 Å². The minimum atomic E-state index is -0.143. The monoisotopic (exact) mass is 419 g/mol. The highest BCUT2D eigenvalue weighted by molar-refractivity contribution is 7.13. The summed E-state index contributed by atoms with van der Waals surface area (Å²) < 4.78 is 0. The third-order valence-corrected chi connectivity index (χ3v) is 6.13. The Morgan fingerprint density at radius 1 is 1.13 bits per heavy atom. The van der Waals surface area contributed by atoms with Gasteiger partial charge in [-0.25, -0.2) is 4.98 Å². The van der Waals surface area contributed by atoms with Crippen LogP contribution in [0.25, 0.3) is 10.6 Å². The van der Waals surface area contributed by atoms with Crippen LogP contribution in [0, 0.1) is 6.92 Å². The molecule has 1 saturated carbocycles. The molecular weight excluding hydrogens is 394 g/mol. The number of rotatable bonds is 7. The maximum atomic E-state index is 12.6. The molecule has 0 aliphatic heterocycles. The fourth-order valence-corrected chi connectivity index (χ4v) is 3.98. The van der Waals surface area contributed by atoms with E-state index < -0.39 is 0 Å². The summed E-state index contributed by atoms with van der Waals surface area (Å²) >= 11 is 1.54. The molecule has 2 aromatic carbocycles. The smallest absolute Gasteiger partial charge is 0.251 e. The van der Waals surface area contributed by atoms with Gasteiger partial charge in [0.25, 0.3) is 5.91 Å². The van der Waals surface area contributed by atoms with Gasteiger partial charge in [-0.1, -0.05) is 37.3 Å². The molecule has 2 N–H and O–H groups in total. The zero-order valence-electron chi connectivity index (χ0n) is 17.2. The number of anilines is 1. The van der Waals surface area contributed by atoms with Gasteiger partial charge in [0.15, 0.2) is 0 Å². The maximum Gasteiger partial charge on any atom is 0.251 e. The van der Waals surface area contributed by atoms with Crippen LogP contribution in [0.2, 0.25) is 0 Å². The predicted molar refractivity (Wildman–Crippen MR) is 121 cm³/mol. The zero-order valence-corrected chi connectivity index (χ0v) is 18.0. The van der Waals surface area contributed by atoms with Crippen LogP contribution in [0.1, 0.15) is 46.9 Å². The quantitative estimate of drug-likeness (QED) is 0.580. The Morgan fingerprint density at radius 2 is 1.90 bits per heavy atom. The Balaban J connectivity index is 1.41. The molecule has 30 heavy (non-hydrogen) atoms. The molecule has 1 aromatic heterocycles. The number of nitrogens with one attached hydrogen (secondary N) is 2. The fourth-order valence-electron chi connectivity index (χ4n) is 3.16. The number of aromatic nitrogens is 1. The summed E-state index contributed by atoms with van der Waals surface area (Å²) in [6.07, 6.45) is 3.28. The van der Waals surface area contributed by atoms with Gasteiger partial charge in [-0.15, -0.1) is 11.3 Å². The van der Waals surface area contributed by atoms with E-state index >= 15 is 0 Å². The fraction of sp³-hybridized carbons (Fsp3) is 0.292. The Bertz CT molecular complexity index is 1070. The molecule has 6 heteroatoms. The molecule has 0 atom stereocenters. The van der Waals surface area contributed by atoms with Crippen molar-refractivity contribution in [2.24, 2.45) is 0 Å². The first-order valence-corrected chi connectivity index (χ1v) is 11.1. The van der Waals surface area contributed by atoms with E-state index in [4.69, 9.17) is 0 Å². The van der Waals surface area contributed by atoms with Gasteiger partial charge in [0, 0.05) is 28.2 Å². The average molecular weight is 420 g/mol. The number of carbonyl (C=O) groups is 2. The summed E-state index contributed by atoms with van der Waals surface area (Å²) in [7, 11) is 0. The van der Waals surface area contributed by atoms with E-state index in [-0.39, 0.29) is 18.2 Å². The molecule has 1 heterocycles. The summed E-state index contributed by atoms with van der Waals surface area (Å²) in [5, 5.41) is 8.75. The second-order valence-electron chi connectivity index (χ2n) is 7.70. The largest absolute Gasteiger partial charge is 0.349 e. The van der Waals surface area contributed by atoms with Crippen LogP contribution in [0.4, 0.5) is 5.69 Å². The van der Waals surface area contributed by atoms with E-state index in [1.807, 2.05) is 18.4 Å². The molecule has 5 nitrogen and oxygen atoms in total. The van der Waals surface area contributed by atoms with Crippen LogP contribution < -0.4 is 10.6 Å². The van der Waals surface area contributed by atoms with Crippen molar-refractivity contribution in [2.45, 2.75) is 45.6 Å². The number of amides is 2. The number of thiazole rings is 1. The van der Waals surface area contributed by atoms with Crippen molar-refractivity contribution in [2.75, 3.05) is 5.32 Å². The Labute approximate surface area is 180 Å². The van der Waals surface area contributed by atoms with Crippen LogP contribution in [0.5, 0.6) is 0 Å². The van der Waals surface area contributed by atoms with E-state index in [1.54, 1.807) is 23.5 Å². The molecule has 1 fully saturated rings. The molecule has 4 rings (SSSR count). The lowest BCUT2D eigenvalue weighted by Gasteiger charge is -2.10. The lowest BCUT2D eigenvalue weighted by Crippen LogP contribution is -2.25. The highest BCUT2D eigenvalue weighted by Gasteiger charge is 2.24. The van der Waals surface area contributed by atoms with Crippen LogP contribution >= 0.6 is 11.3 Å². The van der Waals surface area contributed by atoms with Gasteiger partial charge in [-0.2, -0.15) is 0 Å². The molecule has 3 aromatic rings. The lowest BCUT2D eigenvalue weighted by molar-refractivity contribution is -0.115. The molecule has 1 aliphatic carbocycles. The summed E-state index contributed by atoms with van der Waals surface area (Å²) in [6, 6.07) is 14.1. The van der Waals surface area contributed by atoms with Gasteiger partial charge in [0.1, 0.15) is 5.01 Å². The van der Waals surface area contributed by atoms with Crippen molar-refractivity contribution in [3.8, 4) is 10.6 Å². The number of benzene rings is 2. The third-order valence-electron chi connectivity index (χ3n) is 5.19. The standard InChI is InChI=1S/C24H25N3O2S/c1-3-16-5-8-17(9-6-16)24-26-20(14-30-24)13-22(28)27-21-12-18(7-4-15(21)2)23(29)25-19-10-11-19/h4-9,12,14,19H,3,10-11,13H2,1-2H3,(H,25,29)(H,27,28). The summed E-state index contributed by atoms with van der Waals surface area (Å²) in [6.45, 7) is 4.05. The molecule has 0 bridgehead atoms. The van der Waals surface area contributed by atoms with Crippen molar-refractivity contribution in [3.05, 3.63) is 70.2 Å². The van der Waals surface area contributed by atoms with E-state index in [1.165, 1.54) is 5.56 Å². The highest BCUT2D eigenvalue weighted by Crippen LogP contribution is 2.25. The lowest BCUT2D eigenvalue weighted by atomic mass is 10.1. The van der Waals surface area contributed by atoms with E-state index in [0.29, 0.717) is 17.3 Å². The van der Waals surface area contributed by atoms with Gasteiger partial charge >= 0.3 is 0 Å².